The third kappa shape index (κ3) is 4.49. The number of alkyl halides is 3. The highest BCUT2D eigenvalue weighted by molar-refractivity contribution is 6.11. The Labute approximate surface area is 216 Å². The minimum absolute atomic E-state index is 0.249. The van der Waals surface area contributed by atoms with E-state index in [1.54, 1.807) is 73.8 Å². The third-order valence-electron chi connectivity index (χ3n) is 6.38. The van der Waals surface area contributed by atoms with Gasteiger partial charge in [0.1, 0.15) is 0 Å². The zero-order valence-electron chi connectivity index (χ0n) is 20.2. The predicted octanol–water partition coefficient (Wildman–Crippen LogP) is 6.82. The first-order valence-electron chi connectivity index (χ1n) is 11.8. The second-order valence-electron chi connectivity index (χ2n) is 8.71. The lowest BCUT2D eigenvalue weighted by Crippen LogP contribution is -2.31. The van der Waals surface area contributed by atoms with Gasteiger partial charge in [-0.3, -0.25) is 14.8 Å². The molecule has 0 bridgehead atoms. The number of esters is 1. The van der Waals surface area contributed by atoms with Crippen LogP contribution in [-0.4, -0.2) is 29.6 Å². The fraction of sp³-hybridized carbons (Fsp3) is 0.133. The number of carbonyl (C=O) groups is 2. The van der Waals surface area contributed by atoms with Gasteiger partial charge in [-0.25, -0.2) is 4.79 Å². The summed E-state index contributed by atoms with van der Waals surface area (Å²) >= 11 is 0. The van der Waals surface area contributed by atoms with Gasteiger partial charge in [0.15, 0.2) is 11.3 Å². The van der Waals surface area contributed by atoms with Crippen molar-refractivity contribution >= 4 is 28.9 Å². The average Bonchev–Trinajstić information content (AvgIpc) is 3.43. The molecule has 0 fully saturated rings. The molecule has 5 rings (SSSR count). The molecule has 5 nitrogen and oxygen atoms in total. The number of hydrogen-bond donors (Lipinski definition) is 0. The number of nitrogens with zero attached hydrogens (tertiary/aromatic N) is 2. The van der Waals surface area contributed by atoms with E-state index in [9.17, 15) is 22.8 Å². The molecule has 2 heterocycles. The molecule has 8 heteroatoms. The van der Waals surface area contributed by atoms with Gasteiger partial charge in [-0.1, -0.05) is 48.5 Å². The van der Waals surface area contributed by atoms with Crippen LogP contribution >= 0.6 is 0 Å². The van der Waals surface area contributed by atoms with Gasteiger partial charge in [0.05, 0.1) is 23.3 Å². The van der Waals surface area contributed by atoms with Crippen molar-refractivity contribution < 1.29 is 27.5 Å². The summed E-state index contributed by atoms with van der Waals surface area (Å²) in [4.78, 5) is 35.1. The van der Waals surface area contributed by atoms with Gasteiger partial charge in [-0.15, -0.1) is 0 Å². The summed E-state index contributed by atoms with van der Waals surface area (Å²) in [5, 5.41) is 0.693. The number of aliphatic imine (C=N–C) groups is 1. The van der Waals surface area contributed by atoms with Gasteiger partial charge >= 0.3 is 12.1 Å². The van der Waals surface area contributed by atoms with Gasteiger partial charge in [0.2, 0.25) is 0 Å². The SMILES string of the molecule is CCOC(=O)c1cnc2cc(C3(C(=O)c4ccccc4-c4ccc(C(F)(F)F)cc4)C=CC=N3)ccc2c1. The van der Waals surface area contributed by atoms with Crippen molar-refractivity contribution in [2.24, 2.45) is 4.99 Å². The maximum atomic E-state index is 14.1. The Morgan fingerprint density at radius 2 is 1.74 bits per heavy atom. The molecule has 38 heavy (non-hydrogen) atoms. The summed E-state index contributed by atoms with van der Waals surface area (Å²) in [7, 11) is 0. The van der Waals surface area contributed by atoms with Crippen molar-refractivity contribution in [3.8, 4) is 11.1 Å². The molecule has 1 aromatic heterocycles. The van der Waals surface area contributed by atoms with Gasteiger partial charge in [-0.05, 0) is 60.0 Å². The van der Waals surface area contributed by atoms with Crippen molar-refractivity contribution in [3.63, 3.8) is 0 Å². The van der Waals surface area contributed by atoms with Gasteiger partial charge in [0, 0.05) is 23.4 Å². The molecular weight excluding hydrogens is 493 g/mol. The van der Waals surface area contributed by atoms with Crippen LogP contribution < -0.4 is 0 Å². The average molecular weight is 515 g/mol. The maximum Gasteiger partial charge on any atom is 0.416 e. The molecule has 0 radical (unpaired) electrons. The Morgan fingerprint density at radius 1 is 0.974 bits per heavy atom. The number of pyridine rings is 1. The van der Waals surface area contributed by atoms with Crippen LogP contribution in [0.4, 0.5) is 13.2 Å². The number of allylic oxidation sites excluding steroid dienone is 1. The van der Waals surface area contributed by atoms with Crippen LogP contribution in [0.2, 0.25) is 0 Å². The standard InChI is InChI=1S/C30H21F3N2O3/c1-2-38-28(37)21-16-20-10-13-23(17-26(20)34-18-21)29(14-5-15-35-29)27(36)25-7-4-3-6-24(25)19-8-11-22(12-9-19)30(31,32)33/h3-18H,2H2,1H3. The lowest BCUT2D eigenvalue weighted by molar-refractivity contribution is -0.137. The summed E-state index contributed by atoms with van der Waals surface area (Å²) in [6.07, 6.45) is 1.88. The number of ketones is 1. The van der Waals surface area contributed by atoms with Crippen LogP contribution in [-0.2, 0) is 16.5 Å². The zero-order valence-corrected chi connectivity index (χ0v) is 20.2. The van der Waals surface area contributed by atoms with E-state index in [0.717, 1.165) is 12.1 Å². The fourth-order valence-corrected chi connectivity index (χ4v) is 4.48. The monoisotopic (exact) mass is 514 g/mol. The highest BCUT2D eigenvalue weighted by Gasteiger charge is 2.40. The summed E-state index contributed by atoms with van der Waals surface area (Å²) in [6.45, 7) is 1.97. The van der Waals surface area contributed by atoms with Gasteiger partial charge < -0.3 is 4.74 Å². The second kappa shape index (κ2) is 9.70. The summed E-state index contributed by atoms with van der Waals surface area (Å²) < 4.78 is 44.3. The van der Waals surface area contributed by atoms with E-state index in [4.69, 9.17) is 4.74 Å². The highest BCUT2D eigenvalue weighted by atomic mass is 19.4. The molecular formula is C30H21F3N2O3. The van der Waals surface area contributed by atoms with E-state index in [2.05, 4.69) is 9.98 Å². The Bertz CT molecular complexity index is 1590. The van der Waals surface area contributed by atoms with E-state index in [-0.39, 0.29) is 12.4 Å². The lowest BCUT2D eigenvalue weighted by Gasteiger charge is -2.25. The zero-order chi connectivity index (χ0) is 26.9. The minimum atomic E-state index is -4.46. The van der Waals surface area contributed by atoms with E-state index >= 15 is 0 Å². The largest absolute Gasteiger partial charge is 0.462 e. The quantitative estimate of drug-likeness (QED) is 0.209. The fourth-order valence-electron chi connectivity index (χ4n) is 4.48. The first-order valence-corrected chi connectivity index (χ1v) is 11.8. The number of rotatable bonds is 6. The Morgan fingerprint density at radius 3 is 2.42 bits per heavy atom. The van der Waals surface area contributed by atoms with Crippen molar-refractivity contribution in [1.29, 1.82) is 0 Å². The maximum absolute atomic E-state index is 14.1. The molecule has 0 saturated heterocycles. The number of benzene rings is 3. The molecule has 0 aliphatic carbocycles. The first-order chi connectivity index (χ1) is 18.2. The summed E-state index contributed by atoms with van der Waals surface area (Å²) in [5.41, 5.74) is 0.614. The van der Waals surface area contributed by atoms with E-state index in [1.165, 1.54) is 18.3 Å². The van der Waals surface area contributed by atoms with Crippen LogP contribution in [0.25, 0.3) is 22.0 Å². The van der Waals surface area contributed by atoms with Crippen molar-refractivity contribution in [1.82, 2.24) is 4.98 Å². The first kappa shape index (κ1) is 25.1. The van der Waals surface area contributed by atoms with Crippen molar-refractivity contribution in [3.05, 3.63) is 113 Å². The Balaban J connectivity index is 1.56. The molecule has 1 atom stereocenters. The van der Waals surface area contributed by atoms with Crippen molar-refractivity contribution in [2.75, 3.05) is 6.61 Å². The van der Waals surface area contributed by atoms with E-state index in [0.29, 0.717) is 38.7 Å². The van der Waals surface area contributed by atoms with Crippen molar-refractivity contribution in [2.45, 2.75) is 18.6 Å². The van der Waals surface area contributed by atoms with E-state index in [1.807, 2.05) is 0 Å². The van der Waals surface area contributed by atoms with Gasteiger partial charge in [0.25, 0.3) is 0 Å². The van der Waals surface area contributed by atoms with E-state index < -0.39 is 23.2 Å². The molecule has 0 amide bonds. The molecule has 190 valence electrons. The number of fused-ring (bicyclic) bond motifs is 1. The lowest BCUT2D eigenvalue weighted by atomic mass is 9.81. The molecule has 3 aromatic carbocycles. The number of aromatic nitrogens is 1. The topological polar surface area (TPSA) is 68.6 Å². The van der Waals surface area contributed by atoms with Crippen LogP contribution in [0.3, 0.4) is 0 Å². The second-order valence-corrected chi connectivity index (χ2v) is 8.71. The molecule has 0 spiro atoms. The molecule has 0 N–H and O–H groups in total. The number of Topliss-reactive ketones (excluding diaryl/α,β-unsaturated/α-hetero) is 1. The number of carbonyl (C=O) groups excluding carboxylic acids is 2. The van der Waals surface area contributed by atoms with Crippen LogP contribution in [0.15, 0.2) is 96.1 Å². The molecule has 1 aliphatic heterocycles. The van der Waals surface area contributed by atoms with Crippen LogP contribution in [0.5, 0.6) is 0 Å². The molecule has 4 aromatic rings. The molecule has 1 unspecified atom stereocenters. The third-order valence-corrected chi connectivity index (χ3v) is 6.38. The normalized spacial score (nSPS) is 16.6. The number of halogens is 3. The van der Waals surface area contributed by atoms with Gasteiger partial charge in [-0.2, -0.15) is 13.2 Å². The number of hydrogen-bond acceptors (Lipinski definition) is 5. The Kier molecular flexibility index (Phi) is 6.40. The van der Waals surface area contributed by atoms with Crippen LogP contribution in [0, 0.1) is 0 Å². The summed E-state index contributed by atoms with van der Waals surface area (Å²) in [6, 6.07) is 18.4. The van der Waals surface area contributed by atoms with Crippen LogP contribution in [0.1, 0.15) is 38.8 Å². The smallest absolute Gasteiger partial charge is 0.416 e. The predicted molar refractivity (Wildman–Crippen MR) is 138 cm³/mol. The minimum Gasteiger partial charge on any atom is -0.462 e. The molecule has 1 aliphatic rings. The number of ether oxygens (including phenoxy) is 1. The summed E-state index contributed by atoms with van der Waals surface area (Å²) in [5.74, 6) is -0.804. The Hall–Kier alpha value is -4.59. The highest BCUT2D eigenvalue weighted by Crippen LogP contribution is 2.38. The molecule has 0 saturated carbocycles.